The second-order valence-electron chi connectivity index (χ2n) is 5.62. The molecule has 2 aromatic carbocycles. The van der Waals surface area contributed by atoms with Crippen molar-refractivity contribution in [2.24, 2.45) is 0 Å². The van der Waals surface area contributed by atoms with Crippen LogP contribution in [0.15, 0.2) is 62.6 Å². The van der Waals surface area contributed by atoms with E-state index in [9.17, 15) is 4.21 Å². The molecular weight excluding hydrogens is 480 g/mol. The summed E-state index contributed by atoms with van der Waals surface area (Å²) in [6.45, 7) is 0. The van der Waals surface area contributed by atoms with E-state index in [0.717, 1.165) is 21.9 Å². The van der Waals surface area contributed by atoms with Gasteiger partial charge in [0.05, 0.1) is 22.7 Å². The van der Waals surface area contributed by atoms with E-state index < -0.39 is 11.0 Å². The lowest BCUT2D eigenvalue weighted by Crippen LogP contribution is -2.06. The smallest absolute Gasteiger partial charge is 0.181 e. The normalized spacial score (nSPS) is 12.0. The second kappa shape index (κ2) is 9.73. The fourth-order valence-corrected chi connectivity index (χ4v) is 3.74. The lowest BCUT2D eigenvalue weighted by molar-refractivity contribution is 0.416. The fraction of sp³-hybridized carbons (Fsp3) is 0.0526. The second-order valence-corrected chi connectivity index (χ2v) is 8.10. The lowest BCUT2D eigenvalue weighted by atomic mass is 10.1. The largest absolute Gasteiger partial charge is 0.495 e. The molecule has 0 amide bonds. The summed E-state index contributed by atoms with van der Waals surface area (Å²) in [5.41, 5.74) is 2.11. The Morgan fingerprint density at radius 2 is 2.10 bits per heavy atom. The summed E-state index contributed by atoms with van der Waals surface area (Å²) in [4.78, 5) is 0.531. The van der Waals surface area contributed by atoms with E-state index in [1.807, 2.05) is 0 Å². The summed E-state index contributed by atoms with van der Waals surface area (Å²) < 4.78 is 26.2. The first kappa shape index (κ1) is 21.1. The Hall–Kier alpha value is -2.62. The van der Waals surface area contributed by atoms with Gasteiger partial charge in [0.2, 0.25) is 0 Å². The Labute approximate surface area is 183 Å². The number of nitrogens with one attached hydrogen (secondary N) is 3. The van der Waals surface area contributed by atoms with E-state index in [1.165, 1.54) is 6.26 Å². The van der Waals surface area contributed by atoms with Gasteiger partial charge in [0.25, 0.3) is 0 Å². The van der Waals surface area contributed by atoms with Gasteiger partial charge in [0.15, 0.2) is 16.8 Å². The molecule has 7 nitrogen and oxygen atoms in total. The van der Waals surface area contributed by atoms with E-state index in [1.54, 1.807) is 55.7 Å². The predicted octanol–water partition coefficient (Wildman–Crippen LogP) is 5.64. The van der Waals surface area contributed by atoms with Gasteiger partial charge >= 0.3 is 0 Å². The van der Waals surface area contributed by atoms with Crippen LogP contribution in [0.4, 0.5) is 17.2 Å². The average molecular weight is 496 g/mol. The maximum absolute atomic E-state index is 12.6. The number of hydrogen-bond acceptors (Lipinski definition) is 6. The maximum Gasteiger partial charge on any atom is 0.181 e. The Morgan fingerprint density at radius 1 is 1.28 bits per heavy atom. The van der Waals surface area contributed by atoms with Crippen molar-refractivity contribution in [2.75, 3.05) is 17.1 Å². The van der Waals surface area contributed by atoms with Crippen molar-refractivity contribution in [3.8, 4) is 5.75 Å². The third-order valence-corrected chi connectivity index (χ3v) is 6.03. The molecule has 0 saturated heterocycles. The number of rotatable bonds is 8. The molecule has 0 aliphatic heterocycles. The third-order valence-electron chi connectivity index (χ3n) is 3.76. The van der Waals surface area contributed by atoms with Crippen LogP contribution in [0.1, 0.15) is 5.56 Å². The predicted molar refractivity (Wildman–Crippen MR) is 120 cm³/mol. The van der Waals surface area contributed by atoms with Gasteiger partial charge in [-0.3, -0.25) is 4.72 Å². The van der Waals surface area contributed by atoms with Gasteiger partial charge in [0, 0.05) is 22.4 Å². The minimum atomic E-state index is -1.54. The van der Waals surface area contributed by atoms with E-state index in [4.69, 9.17) is 26.3 Å². The number of ether oxygens (including phenoxy) is 1. The van der Waals surface area contributed by atoms with Crippen molar-refractivity contribution in [1.82, 2.24) is 5.16 Å². The highest BCUT2D eigenvalue weighted by Crippen LogP contribution is 2.37. The quantitative estimate of drug-likeness (QED) is 0.351. The monoisotopic (exact) mass is 494 g/mol. The highest BCUT2D eigenvalue weighted by atomic mass is 79.9. The van der Waals surface area contributed by atoms with Crippen molar-refractivity contribution in [3.63, 3.8) is 0 Å². The Bertz CT molecular complexity index is 1070. The summed E-state index contributed by atoms with van der Waals surface area (Å²) in [6.07, 6.45) is 5.86. The van der Waals surface area contributed by atoms with Gasteiger partial charge in [-0.15, -0.1) is 0 Å². The van der Waals surface area contributed by atoms with Gasteiger partial charge in [-0.2, -0.15) is 0 Å². The Balaban J connectivity index is 1.94. The molecular formula is C19H16BrClN4O3S. The molecule has 10 heteroatoms. The minimum Gasteiger partial charge on any atom is -0.495 e. The van der Waals surface area contributed by atoms with E-state index in [2.05, 4.69) is 31.1 Å². The number of anilines is 3. The summed E-state index contributed by atoms with van der Waals surface area (Å²) in [6, 6.07) is 10.3. The van der Waals surface area contributed by atoms with Crippen molar-refractivity contribution in [2.45, 2.75) is 4.90 Å². The molecule has 1 atom stereocenters. The molecule has 0 fully saturated rings. The zero-order valence-electron chi connectivity index (χ0n) is 15.1. The Kier molecular flexibility index (Phi) is 7.08. The molecule has 3 rings (SSSR count). The van der Waals surface area contributed by atoms with Gasteiger partial charge in [-0.05, 0) is 57.9 Å². The van der Waals surface area contributed by atoms with Gasteiger partial charge < -0.3 is 20.0 Å². The van der Waals surface area contributed by atoms with Gasteiger partial charge in [-0.1, -0.05) is 22.8 Å². The van der Waals surface area contributed by atoms with Crippen LogP contribution in [-0.2, 0) is 11.0 Å². The highest BCUT2D eigenvalue weighted by molar-refractivity contribution is 9.10. The standard InChI is InChI=1S/C19H16BrClN4O3S/c1-27-18-10-14(20)15(21)11-17(18)23-16-5-4-13(9-12(16)3-2-7-22)29(26)25-19-6-8-28-24-19/h2-11,22-23H,1H3,(H,24,25)/b3-2-,22-7?. The summed E-state index contributed by atoms with van der Waals surface area (Å²) in [5, 5.41) is 14.8. The first-order chi connectivity index (χ1) is 14.0. The number of methoxy groups -OCH3 is 1. The maximum atomic E-state index is 12.6. The molecule has 150 valence electrons. The number of aromatic nitrogens is 1. The molecule has 0 spiro atoms. The number of halogens is 2. The molecule has 3 aromatic rings. The average Bonchev–Trinajstić information content (AvgIpc) is 3.22. The SMILES string of the molecule is COc1cc(Br)c(Cl)cc1Nc1ccc(S(=O)Nc2ccon2)cc1/C=C\C=N. The first-order valence-electron chi connectivity index (χ1n) is 8.22. The van der Waals surface area contributed by atoms with Gasteiger partial charge in [-0.25, -0.2) is 4.21 Å². The molecule has 0 saturated carbocycles. The van der Waals surface area contributed by atoms with Crippen molar-refractivity contribution < 1.29 is 13.5 Å². The van der Waals surface area contributed by atoms with Crippen LogP contribution in [-0.4, -0.2) is 22.7 Å². The summed E-state index contributed by atoms with van der Waals surface area (Å²) in [7, 11) is 0.0287. The van der Waals surface area contributed by atoms with Crippen molar-refractivity contribution in [3.05, 3.63) is 63.8 Å². The van der Waals surface area contributed by atoms with Crippen molar-refractivity contribution >= 4 is 68.0 Å². The molecule has 1 aromatic heterocycles. The van der Waals surface area contributed by atoms with Crippen LogP contribution in [0.3, 0.4) is 0 Å². The van der Waals surface area contributed by atoms with E-state index >= 15 is 0 Å². The fourth-order valence-electron chi connectivity index (χ4n) is 2.42. The molecule has 0 radical (unpaired) electrons. The van der Waals surface area contributed by atoms with E-state index in [-0.39, 0.29) is 0 Å². The zero-order chi connectivity index (χ0) is 20.8. The van der Waals surface area contributed by atoms with Crippen LogP contribution >= 0.6 is 27.5 Å². The number of allylic oxidation sites excluding steroid dienone is 1. The molecule has 0 aliphatic rings. The van der Waals surface area contributed by atoms with Gasteiger partial charge in [0.1, 0.15) is 12.0 Å². The van der Waals surface area contributed by atoms with Crippen LogP contribution in [0.25, 0.3) is 6.08 Å². The van der Waals surface area contributed by atoms with E-state index in [0.29, 0.717) is 27.2 Å². The van der Waals surface area contributed by atoms with Crippen LogP contribution in [0.2, 0.25) is 5.02 Å². The lowest BCUT2D eigenvalue weighted by Gasteiger charge is -2.15. The van der Waals surface area contributed by atoms with Crippen LogP contribution in [0.5, 0.6) is 5.75 Å². The molecule has 29 heavy (non-hydrogen) atoms. The third kappa shape index (κ3) is 5.26. The highest BCUT2D eigenvalue weighted by Gasteiger charge is 2.12. The topological polar surface area (TPSA) is 100 Å². The first-order valence-corrected chi connectivity index (χ1v) is 10.5. The minimum absolute atomic E-state index is 0.372. The number of benzene rings is 2. The summed E-state index contributed by atoms with van der Waals surface area (Å²) >= 11 is 9.59. The summed E-state index contributed by atoms with van der Waals surface area (Å²) in [5.74, 6) is 0.972. The molecule has 0 bridgehead atoms. The number of nitrogens with zero attached hydrogens (tertiary/aromatic N) is 1. The molecule has 1 unspecified atom stereocenters. The Morgan fingerprint density at radius 3 is 2.79 bits per heavy atom. The van der Waals surface area contributed by atoms with Crippen LogP contribution in [0, 0.1) is 5.41 Å². The zero-order valence-corrected chi connectivity index (χ0v) is 18.3. The molecule has 1 heterocycles. The number of hydrogen-bond donors (Lipinski definition) is 3. The van der Waals surface area contributed by atoms with Crippen molar-refractivity contribution in [1.29, 1.82) is 5.41 Å². The molecule has 0 aliphatic carbocycles. The molecule has 3 N–H and O–H groups in total. The van der Waals surface area contributed by atoms with Crippen LogP contribution < -0.4 is 14.8 Å².